The first-order chi connectivity index (χ1) is 14.0. The third-order valence-electron chi connectivity index (χ3n) is 3.05. The molecule has 0 bridgehead atoms. The maximum absolute atomic E-state index is 12.5. The van der Waals surface area contributed by atoms with E-state index in [1.165, 1.54) is 25.6 Å². The highest BCUT2D eigenvalue weighted by Crippen LogP contribution is 2.31. The van der Waals surface area contributed by atoms with Crippen molar-refractivity contribution in [3.05, 3.63) is 54.1 Å². The minimum Gasteiger partial charge on any atom is -0.468 e. The number of rotatable bonds is 7. The van der Waals surface area contributed by atoms with Crippen LogP contribution in [0.5, 0.6) is 5.75 Å². The Labute approximate surface area is 176 Å². The SMILES string of the molecule is CC.CC.CC(=O)O/N=C(\C)C(=O)c1ccccc1Sc1ccc(OCO)cc1. The van der Waals surface area contributed by atoms with Gasteiger partial charge in [0.2, 0.25) is 5.78 Å². The molecule has 158 valence electrons. The minimum atomic E-state index is -0.583. The minimum absolute atomic E-state index is 0.0925. The molecular formula is C22H29NO5S. The van der Waals surface area contributed by atoms with Crippen molar-refractivity contribution in [3.8, 4) is 5.75 Å². The number of nitrogens with zero attached hydrogens (tertiary/aromatic N) is 1. The first kappa shape index (κ1) is 26.4. The number of hydrogen-bond donors (Lipinski definition) is 1. The second-order valence-corrected chi connectivity index (χ2v) is 6.05. The fourth-order valence-corrected chi connectivity index (χ4v) is 2.86. The normalized spacial score (nSPS) is 9.97. The number of hydrogen-bond acceptors (Lipinski definition) is 7. The van der Waals surface area contributed by atoms with Gasteiger partial charge in [0.1, 0.15) is 11.5 Å². The number of ketones is 1. The van der Waals surface area contributed by atoms with Crippen molar-refractivity contribution >= 4 is 29.2 Å². The molecule has 29 heavy (non-hydrogen) atoms. The first-order valence-electron chi connectivity index (χ1n) is 9.38. The summed E-state index contributed by atoms with van der Waals surface area (Å²) in [6.45, 7) is 10.3. The van der Waals surface area contributed by atoms with E-state index < -0.39 is 5.97 Å². The summed E-state index contributed by atoms with van der Waals surface area (Å²) in [6.07, 6.45) is 0. The van der Waals surface area contributed by atoms with Gasteiger partial charge in [-0.25, -0.2) is 4.79 Å². The summed E-state index contributed by atoms with van der Waals surface area (Å²) < 4.78 is 4.99. The molecular weight excluding hydrogens is 390 g/mol. The molecule has 6 nitrogen and oxygen atoms in total. The summed E-state index contributed by atoms with van der Waals surface area (Å²) in [5, 5.41) is 12.3. The maximum Gasteiger partial charge on any atom is 0.331 e. The Morgan fingerprint density at radius 3 is 2.10 bits per heavy atom. The molecule has 0 atom stereocenters. The van der Waals surface area contributed by atoms with Crippen molar-refractivity contribution in [3.63, 3.8) is 0 Å². The lowest BCUT2D eigenvalue weighted by Gasteiger charge is -2.09. The molecule has 2 aromatic rings. The molecule has 0 amide bonds. The highest BCUT2D eigenvalue weighted by Gasteiger charge is 2.16. The van der Waals surface area contributed by atoms with Gasteiger partial charge in [-0.15, -0.1) is 0 Å². The number of oxime groups is 1. The standard InChI is InChI=1S/C18H17NO5S.2C2H6/c1-12(19-24-13(2)21)18(22)16-5-3-4-6-17(16)25-15-9-7-14(8-10-15)23-11-20;2*1-2/h3-10,20H,11H2,1-2H3;2*1-2H3/b19-12+;;. The summed E-state index contributed by atoms with van der Waals surface area (Å²) in [4.78, 5) is 29.5. The monoisotopic (exact) mass is 419 g/mol. The van der Waals surface area contributed by atoms with Crippen molar-refractivity contribution in [2.45, 2.75) is 51.3 Å². The van der Waals surface area contributed by atoms with Crippen LogP contribution in [0.25, 0.3) is 0 Å². The second-order valence-electron chi connectivity index (χ2n) is 4.93. The van der Waals surface area contributed by atoms with E-state index in [0.29, 0.717) is 11.3 Å². The Balaban J connectivity index is 0.00000184. The van der Waals surface area contributed by atoms with Crippen LogP contribution in [0.1, 0.15) is 51.9 Å². The number of Topliss-reactive ketones (excluding diaryl/α,β-unsaturated/α-hetero) is 1. The largest absolute Gasteiger partial charge is 0.468 e. The summed E-state index contributed by atoms with van der Waals surface area (Å²) in [6, 6.07) is 14.2. The summed E-state index contributed by atoms with van der Waals surface area (Å²) in [7, 11) is 0. The smallest absolute Gasteiger partial charge is 0.331 e. The van der Waals surface area contributed by atoms with Crippen LogP contribution in [0, 0.1) is 0 Å². The average molecular weight is 420 g/mol. The molecule has 0 heterocycles. The van der Waals surface area contributed by atoms with Crippen molar-refractivity contribution in [2.75, 3.05) is 6.79 Å². The number of carbonyl (C=O) groups is 2. The van der Waals surface area contributed by atoms with Gasteiger partial charge in [-0.05, 0) is 43.3 Å². The molecule has 0 aliphatic heterocycles. The van der Waals surface area contributed by atoms with E-state index in [9.17, 15) is 9.59 Å². The highest BCUT2D eigenvalue weighted by molar-refractivity contribution is 7.99. The third-order valence-corrected chi connectivity index (χ3v) is 4.14. The lowest BCUT2D eigenvalue weighted by Crippen LogP contribution is -2.13. The molecule has 0 radical (unpaired) electrons. The first-order valence-corrected chi connectivity index (χ1v) is 10.2. The van der Waals surface area contributed by atoms with Gasteiger partial charge >= 0.3 is 5.97 Å². The zero-order valence-corrected chi connectivity index (χ0v) is 18.6. The molecule has 0 aromatic heterocycles. The van der Waals surface area contributed by atoms with Gasteiger partial charge in [-0.3, -0.25) is 4.79 Å². The Hall–Kier alpha value is -2.64. The van der Waals surface area contributed by atoms with Crippen molar-refractivity contribution in [1.29, 1.82) is 0 Å². The Bertz CT molecular complexity index is 788. The van der Waals surface area contributed by atoms with E-state index in [1.807, 2.05) is 52.0 Å². The maximum atomic E-state index is 12.5. The van der Waals surface area contributed by atoms with Crippen molar-refractivity contribution in [1.82, 2.24) is 0 Å². The molecule has 7 heteroatoms. The van der Waals surface area contributed by atoms with Crippen LogP contribution in [-0.4, -0.2) is 29.4 Å². The van der Waals surface area contributed by atoms with Crippen LogP contribution in [0.4, 0.5) is 0 Å². The van der Waals surface area contributed by atoms with Gasteiger partial charge in [-0.1, -0.05) is 56.7 Å². The van der Waals surface area contributed by atoms with E-state index in [-0.39, 0.29) is 18.3 Å². The molecule has 0 aliphatic carbocycles. The van der Waals surface area contributed by atoms with Crippen LogP contribution >= 0.6 is 11.8 Å². The van der Waals surface area contributed by atoms with Gasteiger partial charge in [0.15, 0.2) is 6.79 Å². The fourth-order valence-electron chi connectivity index (χ4n) is 1.92. The molecule has 2 rings (SSSR count). The quantitative estimate of drug-likeness (QED) is 0.214. The van der Waals surface area contributed by atoms with Gasteiger partial charge in [0.05, 0.1) is 0 Å². The van der Waals surface area contributed by atoms with Gasteiger partial charge in [0, 0.05) is 22.3 Å². The molecule has 0 saturated carbocycles. The zero-order valence-electron chi connectivity index (χ0n) is 17.8. The van der Waals surface area contributed by atoms with Crippen LogP contribution in [0.15, 0.2) is 63.5 Å². The third kappa shape index (κ3) is 9.40. The van der Waals surface area contributed by atoms with Gasteiger partial charge in [-0.2, -0.15) is 0 Å². The van der Waals surface area contributed by atoms with E-state index >= 15 is 0 Å². The van der Waals surface area contributed by atoms with Crippen LogP contribution in [-0.2, 0) is 9.63 Å². The number of aliphatic hydroxyl groups excluding tert-OH is 1. The number of carbonyl (C=O) groups excluding carboxylic acids is 2. The molecule has 0 unspecified atom stereocenters. The van der Waals surface area contributed by atoms with Crippen LogP contribution in [0.3, 0.4) is 0 Å². The highest BCUT2D eigenvalue weighted by atomic mass is 32.2. The molecule has 1 N–H and O–H groups in total. The van der Waals surface area contributed by atoms with Gasteiger partial charge in [0.25, 0.3) is 0 Å². The van der Waals surface area contributed by atoms with Gasteiger partial charge < -0.3 is 14.7 Å². The Kier molecular flexibility index (Phi) is 13.9. The van der Waals surface area contributed by atoms with E-state index in [2.05, 4.69) is 9.99 Å². The molecule has 2 aromatic carbocycles. The molecule has 0 fully saturated rings. The van der Waals surface area contributed by atoms with Crippen LogP contribution < -0.4 is 4.74 Å². The Morgan fingerprint density at radius 2 is 1.55 bits per heavy atom. The van der Waals surface area contributed by atoms with Crippen LogP contribution in [0.2, 0.25) is 0 Å². The number of aliphatic hydroxyl groups is 1. The lowest BCUT2D eigenvalue weighted by molar-refractivity contribution is -0.140. The molecule has 0 aliphatic rings. The number of ether oxygens (including phenoxy) is 1. The average Bonchev–Trinajstić information content (AvgIpc) is 2.76. The van der Waals surface area contributed by atoms with Crippen molar-refractivity contribution < 1.29 is 24.3 Å². The Morgan fingerprint density at radius 1 is 0.966 bits per heavy atom. The van der Waals surface area contributed by atoms with E-state index in [0.717, 1.165) is 9.79 Å². The fraction of sp³-hybridized carbons (Fsp3) is 0.318. The predicted octanol–water partition coefficient (Wildman–Crippen LogP) is 5.34. The second kappa shape index (κ2) is 15.3. The van der Waals surface area contributed by atoms with E-state index in [1.54, 1.807) is 24.3 Å². The van der Waals surface area contributed by atoms with E-state index in [4.69, 9.17) is 9.84 Å². The number of benzene rings is 2. The molecule has 0 spiro atoms. The zero-order chi connectivity index (χ0) is 22.2. The topological polar surface area (TPSA) is 85.2 Å². The summed E-state index contributed by atoms with van der Waals surface area (Å²) in [5.74, 6) is -0.342. The predicted molar refractivity (Wildman–Crippen MR) is 117 cm³/mol. The van der Waals surface area contributed by atoms with Crippen molar-refractivity contribution in [2.24, 2.45) is 5.16 Å². The molecule has 0 saturated heterocycles. The lowest BCUT2D eigenvalue weighted by atomic mass is 10.1. The summed E-state index contributed by atoms with van der Waals surface area (Å²) in [5.41, 5.74) is 0.562. The summed E-state index contributed by atoms with van der Waals surface area (Å²) >= 11 is 1.41.